The van der Waals surface area contributed by atoms with Gasteiger partial charge in [-0.3, -0.25) is 4.79 Å². The number of carbonyl (C=O) groups is 1. The summed E-state index contributed by atoms with van der Waals surface area (Å²) < 4.78 is 4.65. The lowest BCUT2D eigenvalue weighted by atomic mass is 9.82. The molecule has 0 aromatic heterocycles. The number of carbonyl (C=O) groups excluding carboxylic acids is 1. The molecule has 0 fully saturated rings. The molecule has 0 atom stereocenters. The van der Waals surface area contributed by atoms with Crippen molar-refractivity contribution < 1.29 is 9.53 Å². The lowest BCUT2D eigenvalue weighted by Crippen LogP contribution is -2.18. The minimum absolute atomic E-state index is 0.0807. The molecule has 0 radical (unpaired) electrons. The number of hydrogen-bond donors (Lipinski definition) is 0. The second kappa shape index (κ2) is 5.25. The molecule has 0 aliphatic heterocycles. The SMILES string of the molecule is COC(=O)CC(C)(C)CCC(C)C. The molecule has 0 aromatic carbocycles. The molecule has 0 amide bonds. The van der Waals surface area contributed by atoms with Crippen LogP contribution in [0.25, 0.3) is 0 Å². The first-order valence-electron chi connectivity index (χ1n) is 4.94. The number of ether oxygens (including phenoxy) is 1. The van der Waals surface area contributed by atoms with Gasteiger partial charge in [0.1, 0.15) is 0 Å². The van der Waals surface area contributed by atoms with Crippen molar-refractivity contribution in [3.63, 3.8) is 0 Å². The van der Waals surface area contributed by atoms with Gasteiger partial charge < -0.3 is 4.74 Å². The predicted molar refractivity (Wildman–Crippen MR) is 54.5 cm³/mol. The molecule has 0 unspecified atom stereocenters. The second-order valence-corrected chi connectivity index (χ2v) is 4.85. The minimum atomic E-state index is -0.103. The Morgan fingerprint density at radius 2 is 1.92 bits per heavy atom. The van der Waals surface area contributed by atoms with E-state index in [0.29, 0.717) is 12.3 Å². The first kappa shape index (κ1) is 12.5. The molecule has 0 spiro atoms. The third-order valence-electron chi connectivity index (χ3n) is 2.25. The molecule has 0 heterocycles. The highest BCUT2D eigenvalue weighted by Gasteiger charge is 2.22. The molecule has 0 N–H and O–H groups in total. The van der Waals surface area contributed by atoms with E-state index in [1.807, 2.05) is 0 Å². The van der Waals surface area contributed by atoms with Crippen LogP contribution >= 0.6 is 0 Å². The van der Waals surface area contributed by atoms with Gasteiger partial charge >= 0.3 is 5.97 Å². The summed E-state index contributed by atoms with van der Waals surface area (Å²) in [5.74, 6) is 0.602. The van der Waals surface area contributed by atoms with Crippen molar-refractivity contribution in [1.29, 1.82) is 0 Å². The maximum atomic E-state index is 11.0. The zero-order chi connectivity index (χ0) is 10.5. The Labute approximate surface area is 81.7 Å². The van der Waals surface area contributed by atoms with E-state index in [0.717, 1.165) is 6.42 Å². The Morgan fingerprint density at radius 1 is 1.38 bits per heavy atom. The molecule has 2 heteroatoms. The van der Waals surface area contributed by atoms with Crippen LogP contribution in [0.4, 0.5) is 0 Å². The standard InChI is InChI=1S/C11H22O2/c1-9(2)6-7-11(3,4)8-10(12)13-5/h9H,6-8H2,1-5H3. The topological polar surface area (TPSA) is 26.3 Å². The van der Waals surface area contributed by atoms with E-state index in [1.54, 1.807) is 0 Å². The van der Waals surface area contributed by atoms with Crippen LogP contribution in [-0.2, 0) is 9.53 Å². The largest absolute Gasteiger partial charge is 0.469 e. The van der Waals surface area contributed by atoms with Crippen molar-refractivity contribution >= 4 is 5.97 Å². The van der Waals surface area contributed by atoms with Gasteiger partial charge in [0, 0.05) is 0 Å². The average molecular weight is 186 g/mol. The van der Waals surface area contributed by atoms with Crippen LogP contribution in [0.1, 0.15) is 47.0 Å². The van der Waals surface area contributed by atoms with Crippen molar-refractivity contribution in [2.45, 2.75) is 47.0 Å². The Balaban J connectivity index is 3.86. The monoisotopic (exact) mass is 186 g/mol. The Hall–Kier alpha value is -0.530. The number of methoxy groups -OCH3 is 1. The molecule has 0 saturated heterocycles. The van der Waals surface area contributed by atoms with Crippen molar-refractivity contribution in [2.75, 3.05) is 7.11 Å². The fourth-order valence-electron chi connectivity index (χ4n) is 1.23. The third kappa shape index (κ3) is 6.62. The first-order chi connectivity index (χ1) is 5.87. The third-order valence-corrected chi connectivity index (χ3v) is 2.25. The molecule has 0 aliphatic rings. The van der Waals surface area contributed by atoms with Crippen LogP contribution in [0, 0.1) is 11.3 Å². The summed E-state index contributed by atoms with van der Waals surface area (Å²) in [5.41, 5.74) is 0.0807. The van der Waals surface area contributed by atoms with E-state index in [9.17, 15) is 4.79 Å². The van der Waals surface area contributed by atoms with E-state index >= 15 is 0 Å². The van der Waals surface area contributed by atoms with Gasteiger partial charge in [0.2, 0.25) is 0 Å². The fourth-order valence-corrected chi connectivity index (χ4v) is 1.23. The molecular formula is C11H22O2. The Morgan fingerprint density at radius 3 is 2.31 bits per heavy atom. The van der Waals surface area contributed by atoms with Gasteiger partial charge in [-0.25, -0.2) is 0 Å². The van der Waals surface area contributed by atoms with Crippen molar-refractivity contribution in [2.24, 2.45) is 11.3 Å². The van der Waals surface area contributed by atoms with Crippen molar-refractivity contribution in [1.82, 2.24) is 0 Å². The van der Waals surface area contributed by atoms with E-state index in [2.05, 4.69) is 32.4 Å². The Kier molecular flexibility index (Phi) is 5.04. The second-order valence-electron chi connectivity index (χ2n) is 4.85. The van der Waals surface area contributed by atoms with E-state index in [1.165, 1.54) is 13.5 Å². The summed E-state index contributed by atoms with van der Waals surface area (Å²) in [6.45, 7) is 8.64. The maximum absolute atomic E-state index is 11.0. The number of hydrogen-bond acceptors (Lipinski definition) is 2. The quantitative estimate of drug-likeness (QED) is 0.617. The van der Waals surface area contributed by atoms with E-state index in [4.69, 9.17) is 0 Å². The van der Waals surface area contributed by atoms with Crippen molar-refractivity contribution in [3.05, 3.63) is 0 Å². The molecule has 0 saturated carbocycles. The van der Waals surface area contributed by atoms with E-state index in [-0.39, 0.29) is 11.4 Å². The van der Waals surface area contributed by atoms with Gasteiger partial charge in [-0.05, 0) is 17.8 Å². The molecule has 2 nitrogen and oxygen atoms in total. The number of rotatable bonds is 5. The normalized spacial score (nSPS) is 11.8. The van der Waals surface area contributed by atoms with Gasteiger partial charge in [-0.2, -0.15) is 0 Å². The van der Waals surface area contributed by atoms with Gasteiger partial charge in [-0.15, -0.1) is 0 Å². The summed E-state index contributed by atoms with van der Waals surface area (Å²) in [4.78, 5) is 11.0. The molecule has 78 valence electrons. The summed E-state index contributed by atoms with van der Waals surface area (Å²) in [6.07, 6.45) is 2.78. The maximum Gasteiger partial charge on any atom is 0.306 e. The first-order valence-corrected chi connectivity index (χ1v) is 4.94. The van der Waals surface area contributed by atoms with Gasteiger partial charge in [-0.1, -0.05) is 34.1 Å². The summed E-state index contributed by atoms with van der Waals surface area (Å²) >= 11 is 0. The van der Waals surface area contributed by atoms with Crippen LogP contribution in [0.2, 0.25) is 0 Å². The lowest BCUT2D eigenvalue weighted by molar-refractivity contribution is -0.143. The highest BCUT2D eigenvalue weighted by atomic mass is 16.5. The van der Waals surface area contributed by atoms with Crippen LogP contribution in [-0.4, -0.2) is 13.1 Å². The molecule has 0 rings (SSSR count). The molecule has 0 aliphatic carbocycles. The minimum Gasteiger partial charge on any atom is -0.469 e. The van der Waals surface area contributed by atoms with Gasteiger partial charge in [0.05, 0.1) is 13.5 Å². The summed E-state index contributed by atoms with van der Waals surface area (Å²) in [7, 11) is 1.45. The highest BCUT2D eigenvalue weighted by molar-refractivity contribution is 5.69. The van der Waals surface area contributed by atoms with Crippen molar-refractivity contribution in [3.8, 4) is 0 Å². The highest BCUT2D eigenvalue weighted by Crippen LogP contribution is 2.28. The molecule has 0 aromatic rings. The summed E-state index contributed by atoms with van der Waals surface area (Å²) in [5, 5.41) is 0. The van der Waals surface area contributed by atoms with E-state index < -0.39 is 0 Å². The van der Waals surface area contributed by atoms with Crippen LogP contribution in [0.5, 0.6) is 0 Å². The summed E-state index contributed by atoms with van der Waals surface area (Å²) in [6, 6.07) is 0. The zero-order valence-corrected chi connectivity index (χ0v) is 9.52. The van der Waals surface area contributed by atoms with Crippen LogP contribution < -0.4 is 0 Å². The molecule has 13 heavy (non-hydrogen) atoms. The predicted octanol–water partition coefficient (Wildman–Crippen LogP) is 3.01. The smallest absolute Gasteiger partial charge is 0.306 e. The number of esters is 1. The molecule has 0 bridgehead atoms. The fraction of sp³-hybridized carbons (Fsp3) is 0.909. The molecular weight excluding hydrogens is 164 g/mol. The lowest BCUT2D eigenvalue weighted by Gasteiger charge is -2.23. The van der Waals surface area contributed by atoms with Crippen LogP contribution in [0.15, 0.2) is 0 Å². The Bertz CT molecular complexity index is 159. The van der Waals surface area contributed by atoms with Crippen LogP contribution in [0.3, 0.4) is 0 Å². The van der Waals surface area contributed by atoms with Gasteiger partial charge in [0.25, 0.3) is 0 Å². The van der Waals surface area contributed by atoms with Gasteiger partial charge in [0.15, 0.2) is 0 Å². The average Bonchev–Trinajstić information content (AvgIpc) is 2.00. The zero-order valence-electron chi connectivity index (χ0n) is 9.52.